The van der Waals surface area contributed by atoms with Crippen LogP contribution >= 0.6 is 11.3 Å². The average Bonchev–Trinajstić information content (AvgIpc) is 2.72. The SMILES string of the molecule is CCc1cnc(C2(N)CCC(C)CC2)s1. The van der Waals surface area contributed by atoms with E-state index >= 15 is 0 Å². The number of rotatable bonds is 2. The van der Waals surface area contributed by atoms with E-state index in [0.29, 0.717) is 0 Å². The van der Waals surface area contributed by atoms with Gasteiger partial charge < -0.3 is 5.73 Å². The largest absolute Gasteiger partial charge is 0.319 e. The lowest BCUT2D eigenvalue weighted by molar-refractivity contribution is 0.247. The summed E-state index contributed by atoms with van der Waals surface area (Å²) in [6.07, 6.45) is 7.77. The van der Waals surface area contributed by atoms with Gasteiger partial charge in [-0.05, 0) is 38.0 Å². The third-order valence-electron chi connectivity index (χ3n) is 3.49. The maximum absolute atomic E-state index is 6.46. The molecule has 2 N–H and O–H groups in total. The van der Waals surface area contributed by atoms with Crippen LogP contribution in [0.25, 0.3) is 0 Å². The molecule has 1 aromatic heterocycles. The van der Waals surface area contributed by atoms with Gasteiger partial charge in [0.1, 0.15) is 5.01 Å². The molecule has 1 fully saturated rings. The molecule has 0 spiro atoms. The Kier molecular flexibility index (Phi) is 3.12. The van der Waals surface area contributed by atoms with Crippen molar-refractivity contribution in [3.05, 3.63) is 16.1 Å². The summed E-state index contributed by atoms with van der Waals surface area (Å²) in [4.78, 5) is 5.86. The Labute approximate surface area is 95.9 Å². The Morgan fingerprint density at radius 3 is 2.73 bits per heavy atom. The van der Waals surface area contributed by atoms with Crippen molar-refractivity contribution in [2.75, 3.05) is 0 Å². The van der Waals surface area contributed by atoms with Crippen LogP contribution in [0.2, 0.25) is 0 Å². The molecule has 0 amide bonds. The van der Waals surface area contributed by atoms with Crippen molar-refractivity contribution in [2.45, 2.75) is 51.5 Å². The Hall–Kier alpha value is -0.410. The minimum Gasteiger partial charge on any atom is -0.319 e. The summed E-state index contributed by atoms with van der Waals surface area (Å²) in [7, 11) is 0. The number of nitrogens with zero attached hydrogens (tertiary/aromatic N) is 1. The first-order valence-corrected chi connectivity index (χ1v) is 6.70. The monoisotopic (exact) mass is 224 g/mol. The van der Waals surface area contributed by atoms with Crippen molar-refractivity contribution in [3.63, 3.8) is 0 Å². The minimum atomic E-state index is -0.120. The normalized spacial score (nSPS) is 31.8. The Morgan fingerprint density at radius 2 is 2.20 bits per heavy atom. The van der Waals surface area contributed by atoms with Crippen LogP contribution in [0.4, 0.5) is 0 Å². The molecule has 15 heavy (non-hydrogen) atoms. The second kappa shape index (κ2) is 4.22. The molecule has 1 aliphatic carbocycles. The summed E-state index contributed by atoms with van der Waals surface area (Å²) >= 11 is 1.80. The minimum absolute atomic E-state index is 0.120. The van der Waals surface area contributed by atoms with Gasteiger partial charge >= 0.3 is 0 Å². The van der Waals surface area contributed by atoms with Crippen molar-refractivity contribution in [1.29, 1.82) is 0 Å². The van der Waals surface area contributed by atoms with Gasteiger partial charge in [-0.3, -0.25) is 0 Å². The van der Waals surface area contributed by atoms with E-state index in [4.69, 9.17) is 5.73 Å². The molecule has 1 saturated carbocycles. The summed E-state index contributed by atoms with van der Waals surface area (Å²) < 4.78 is 0. The van der Waals surface area contributed by atoms with E-state index in [2.05, 4.69) is 18.8 Å². The number of thiazole rings is 1. The standard InChI is InChI=1S/C12H20N2S/c1-3-10-8-14-11(15-10)12(13)6-4-9(2)5-7-12/h8-9H,3-7,13H2,1-2H3. The molecule has 3 heteroatoms. The van der Waals surface area contributed by atoms with Crippen LogP contribution in [-0.4, -0.2) is 4.98 Å². The van der Waals surface area contributed by atoms with E-state index in [-0.39, 0.29) is 5.54 Å². The first kappa shape index (κ1) is 11.1. The van der Waals surface area contributed by atoms with Crippen LogP contribution in [-0.2, 0) is 12.0 Å². The van der Waals surface area contributed by atoms with E-state index < -0.39 is 0 Å². The number of nitrogens with two attached hydrogens (primary N) is 1. The van der Waals surface area contributed by atoms with Crippen molar-refractivity contribution in [2.24, 2.45) is 11.7 Å². The molecule has 1 aromatic rings. The molecule has 84 valence electrons. The molecular weight excluding hydrogens is 204 g/mol. The molecule has 0 aliphatic heterocycles. The predicted molar refractivity (Wildman–Crippen MR) is 65.0 cm³/mol. The topological polar surface area (TPSA) is 38.9 Å². The third-order valence-corrected chi connectivity index (χ3v) is 4.86. The summed E-state index contributed by atoms with van der Waals surface area (Å²) in [5.74, 6) is 0.840. The summed E-state index contributed by atoms with van der Waals surface area (Å²) in [6.45, 7) is 4.49. The van der Waals surface area contributed by atoms with Gasteiger partial charge in [0.25, 0.3) is 0 Å². The molecule has 1 heterocycles. The molecule has 1 aliphatic rings. The fourth-order valence-corrected chi connectivity index (χ4v) is 3.20. The summed E-state index contributed by atoms with van der Waals surface area (Å²) in [6, 6.07) is 0. The fraction of sp³-hybridized carbons (Fsp3) is 0.750. The van der Waals surface area contributed by atoms with Gasteiger partial charge in [-0.1, -0.05) is 13.8 Å². The third kappa shape index (κ3) is 2.23. The number of aryl methyl sites for hydroxylation is 1. The van der Waals surface area contributed by atoms with Gasteiger partial charge in [0.05, 0.1) is 5.54 Å². The predicted octanol–water partition coefficient (Wildman–Crippen LogP) is 3.07. The second-order valence-corrected chi connectivity index (χ2v) is 5.94. The first-order valence-electron chi connectivity index (χ1n) is 5.88. The van der Waals surface area contributed by atoms with Crippen LogP contribution in [0.3, 0.4) is 0 Å². The van der Waals surface area contributed by atoms with Crippen molar-refractivity contribution in [3.8, 4) is 0 Å². The quantitative estimate of drug-likeness (QED) is 0.838. The first-order chi connectivity index (χ1) is 7.14. The van der Waals surface area contributed by atoms with Crippen molar-refractivity contribution in [1.82, 2.24) is 4.98 Å². The zero-order valence-electron chi connectivity index (χ0n) is 9.62. The molecule has 0 aromatic carbocycles. The lowest BCUT2D eigenvalue weighted by Gasteiger charge is -2.34. The summed E-state index contributed by atoms with van der Waals surface area (Å²) in [5.41, 5.74) is 6.34. The van der Waals surface area contributed by atoms with Gasteiger partial charge in [0.2, 0.25) is 0 Å². The zero-order chi connectivity index (χ0) is 10.9. The van der Waals surface area contributed by atoms with Crippen molar-refractivity contribution >= 4 is 11.3 Å². The van der Waals surface area contributed by atoms with Gasteiger partial charge in [0, 0.05) is 11.1 Å². The Balaban J connectivity index is 2.14. The molecule has 0 bridgehead atoms. The highest BCUT2D eigenvalue weighted by molar-refractivity contribution is 7.11. The molecule has 0 radical (unpaired) electrons. The lowest BCUT2D eigenvalue weighted by atomic mass is 9.78. The van der Waals surface area contributed by atoms with Crippen molar-refractivity contribution < 1.29 is 0 Å². The number of hydrogen-bond donors (Lipinski definition) is 1. The molecule has 0 atom stereocenters. The van der Waals surface area contributed by atoms with E-state index in [9.17, 15) is 0 Å². The van der Waals surface area contributed by atoms with Gasteiger partial charge in [0.15, 0.2) is 0 Å². The van der Waals surface area contributed by atoms with Crippen LogP contribution in [0, 0.1) is 5.92 Å². The Morgan fingerprint density at radius 1 is 1.53 bits per heavy atom. The van der Waals surface area contributed by atoms with Crippen LogP contribution in [0.1, 0.15) is 49.4 Å². The number of hydrogen-bond acceptors (Lipinski definition) is 3. The molecular formula is C12H20N2S. The maximum Gasteiger partial charge on any atom is 0.113 e. The highest BCUT2D eigenvalue weighted by atomic mass is 32.1. The fourth-order valence-electron chi connectivity index (χ4n) is 2.19. The van der Waals surface area contributed by atoms with E-state index in [1.807, 2.05) is 6.20 Å². The van der Waals surface area contributed by atoms with Crippen LogP contribution in [0.5, 0.6) is 0 Å². The van der Waals surface area contributed by atoms with E-state index in [1.165, 1.54) is 17.7 Å². The smallest absolute Gasteiger partial charge is 0.113 e. The average molecular weight is 224 g/mol. The molecule has 0 unspecified atom stereocenters. The van der Waals surface area contributed by atoms with Gasteiger partial charge in [-0.2, -0.15) is 0 Å². The second-order valence-electron chi connectivity index (χ2n) is 4.82. The summed E-state index contributed by atoms with van der Waals surface area (Å²) in [5, 5.41) is 1.16. The van der Waals surface area contributed by atoms with Crippen LogP contribution in [0.15, 0.2) is 6.20 Å². The van der Waals surface area contributed by atoms with E-state index in [1.54, 1.807) is 11.3 Å². The molecule has 2 rings (SSSR count). The zero-order valence-corrected chi connectivity index (χ0v) is 10.4. The van der Waals surface area contributed by atoms with E-state index in [0.717, 1.165) is 30.2 Å². The highest BCUT2D eigenvalue weighted by Crippen LogP contribution is 2.38. The van der Waals surface area contributed by atoms with Gasteiger partial charge in [-0.15, -0.1) is 11.3 Å². The molecule has 2 nitrogen and oxygen atoms in total. The Bertz CT molecular complexity index is 324. The highest BCUT2D eigenvalue weighted by Gasteiger charge is 2.34. The molecule has 0 saturated heterocycles. The lowest BCUT2D eigenvalue weighted by Crippen LogP contribution is -2.39. The van der Waals surface area contributed by atoms with Gasteiger partial charge in [-0.25, -0.2) is 4.98 Å². The van der Waals surface area contributed by atoms with Crippen LogP contribution < -0.4 is 5.73 Å². The maximum atomic E-state index is 6.46. The number of aromatic nitrogens is 1.